The molecular weight excluding hydrogens is 487 g/mol. The molecule has 0 N–H and O–H groups in total. The van der Waals surface area contributed by atoms with Crippen molar-refractivity contribution in [3.05, 3.63) is 107 Å². The lowest BCUT2D eigenvalue weighted by Gasteiger charge is -2.22. The Labute approximate surface area is 217 Å². The third-order valence-corrected chi connectivity index (χ3v) is 8.97. The number of ether oxygens (including phenoxy) is 2. The fourth-order valence-corrected chi connectivity index (χ4v) is 6.86. The van der Waals surface area contributed by atoms with Crippen molar-refractivity contribution in [1.29, 1.82) is 0 Å². The smallest absolute Gasteiger partial charge is 0.333 e. The summed E-state index contributed by atoms with van der Waals surface area (Å²) >= 11 is 0. The summed E-state index contributed by atoms with van der Waals surface area (Å²) in [6, 6.07) is 19.4. The maximum Gasteiger partial charge on any atom is 0.333 e. The lowest BCUT2D eigenvalue weighted by atomic mass is 9.92. The van der Waals surface area contributed by atoms with Crippen LogP contribution in [0.25, 0.3) is 0 Å². The van der Waals surface area contributed by atoms with Gasteiger partial charge in [0.1, 0.15) is 13.2 Å². The summed E-state index contributed by atoms with van der Waals surface area (Å²) in [4.78, 5) is 38.2. The van der Waals surface area contributed by atoms with Crippen LogP contribution in [0.3, 0.4) is 0 Å². The molecule has 0 aliphatic rings. The van der Waals surface area contributed by atoms with Crippen LogP contribution >= 0.6 is 7.14 Å². The highest BCUT2D eigenvalue weighted by Crippen LogP contribution is 2.48. The molecule has 3 aromatic rings. The van der Waals surface area contributed by atoms with Gasteiger partial charge in [-0.15, -0.1) is 0 Å². The molecule has 0 saturated carbocycles. The summed E-state index contributed by atoms with van der Waals surface area (Å²) in [5, 5.41) is 0.909. The van der Waals surface area contributed by atoms with Crippen LogP contribution in [0.5, 0.6) is 0 Å². The Morgan fingerprint density at radius 2 is 1.32 bits per heavy atom. The second-order valence-corrected chi connectivity index (χ2v) is 11.5. The molecule has 37 heavy (non-hydrogen) atoms. The van der Waals surface area contributed by atoms with E-state index in [2.05, 4.69) is 6.58 Å². The molecule has 7 heteroatoms. The molecule has 0 spiro atoms. The highest BCUT2D eigenvalue weighted by atomic mass is 31.2. The third-order valence-electron chi connectivity index (χ3n) is 6.12. The molecule has 0 aliphatic heterocycles. The molecule has 0 atom stereocenters. The summed E-state index contributed by atoms with van der Waals surface area (Å²) in [7, 11) is -3.71. The molecule has 0 fully saturated rings. The van der Waals surface area contributed by atoms with E-state index in [1.807, 2.05) is 32.0 Å². The predicted molar refractivity (Wildman–Crippen MR) is 145 cm³/mol. The topological polar surface area (TPSA) is 86.7 Å². The summed E-state index contributed by atoms with van der Waals surface area (Å²) in [6.45, 7) is 10.3. The maximum absolute atomic E-state index is 14.6. The minimum Gasteiger partial charge on any atom is -0.462 e. The number of rotatable bonds is 10. The van der Waals surface area contributed by atoms with Crippen molar-refractivity contribution in [3.63, 3.8) is 0 Å². The van der Waals surface area contributed by atoms with Crippen molar-refractivity contribution in [2.45, 2.75) is 34.1 Å². The highest BCUT2D eigenvalue weighted by Gasteiger charge is 2.38. The van der Waals surface area contributed by atoms with Gasteiger partial charge in [-0.3, -0.25) is 9.59 Å². The van der Waals surface area contributed by atoms with Gasteiger partial charge in [-0.25, -0.2) is 4.79 Å². The van der Waals surface area contributed by atoms with Crippen LogP contribution in [-0.2, 0) is 30.0 Å². The maximum atomic E-state index is 14.6. The Hall–Kier alpha value is -3.76. The van der Waals surface area contributed by atoms with Crippen LogP contribution in [0.15, 0.2) is 78.9 Å². The largest absolute Gasteiger partial charge is 0.462 e. The Kier molecular flexibility index (Phi) is 9.01. The summed E-state index contributed by atoms with van der Waals surface area (Å²) in [5.41, 5.74) is 2.90. The summed E-state index contributed by atoms with van der Waals surface area (Å²) in [5.74, 6) is -1.07. The van der Waals surface area contributed by atoms with Gasteiger partial charge in [0.25, 0.3) is 0 Å². The van der Waals surface area contributed by atoms with E-state index in [4.69, 9.17) is 9.47 Å². The summed E-state index contributed by atoms with van der Waals surface area (Å²) in [6.07, 6.45) is -0.0758. The van der Waals surface area contributed by atoms with E-state index in [1.165, 1.54) is 6.92 Å². The number of hydrogen-bond acceptors (Lipinski definition) is 6. The zero-order valence-electron chi connectivity index (χ0n) is 21.6. The SMILES string of the molecule is C=C(C)C(=O)OCCOC(=O)Cc1c(C)cc(C)c(C(=O)P(=O)(c2ccccc2)c2ccccc2)c1C. The van der Waals surface area contributed by atoms with E-state index in [0.717, 1.165) is 5.56 Å². The van der Waals surface area contributed by atoms with Crippen molar-refractivity contribution in [1.82, 2.24) is 0 Å². The predicted octanol–water partition coefficient (Wildman–Crippen LogP) is 4.97. The molecule has 0 aromatic heterocycles. The van der Waals surface area contributed by atoms with Crippen LogP contribution in [-0.4, -0.2) is 30.7 Å². The normalized spacial score (nSPS) is 11.0. The van der Waals surface area contributed by atoms with Crippen molar-refractivity contribution in [2.24, 2.45) is 0 Å². The Morgan fingerprint density at radius 3 is 1.84 bits per heavy atom. The minimum absolute atomic E-state index is 0.0758. The molecule has 0 bridgehead atoms. The van der Waals surface area contributed by atoms with Crippen molar-refractivity contribution in [3.8, 4) is 0 Å². The van der Waals surface area contributed by atoms with Crippen LogP contribution < -0.4 is 10.6 Å². The molecule has 3 aromatic carbocycles. The fourth-order valence-electron chi connectivity index (χ4n) is 4.25. The van der Waals surface area contributed by atoms with E-state index in [9.17, 15) is 18.9 Å². The molecule has 0 aliphatic carbocycles. The molecule has 0 amide bonds. The quantitative estimate of drug-likeness (QED) is 0.163. The van der Waals surface area contributed by atoms with Crippen LogP contribution in [0.4, 0.5) is 0 Å². The van der Waals surface area contributed by atoms with Gasteiger partial charge in [-0.2, -0.15) is 0 Å². The van der Waals surface area contributed by atoms with Gasteiger partial charge in [0, 0.05) is 21.7 Å². The van der Waals surface area contributed by atoms with Gasteiger partial charge in [0.2, 0.25) is 12.7 Å². The first-order valence-electron chi connectivity index (χ1n) is 11.9. The first-order valence-corrected chi connectivity index (χ1v) is 13.6. The number of carbonyl (C=O) groups excluding carboxylic acids is 3. The highest BCUT2D eigenvalue weighted by molar-refractivity contribution is 7.93. The molecule has 0 radical (unpaired) electrons. The number of carbonyl (C=O) groups is 3. The lowest BCUT2D eigenvalue weighted by molar-refractivity contribution is -0.149. The van der Waals surface area contributed by atoms with Crippen molar-refractivity contribution in [2.75, 3.05) is 13.2 Å². The third kappa shape index (κ3) is 6.15. The van der Waals surface area contributed by atoms with E-state index in [1.54, 1.807) is 55.5 Å². The van der Waals surface area contributed by atoms with Crippen LogP contribution in [0, 0.1) is 20.8 Å². The molecule has 0 saturated heterocycles. The lowest BCUT2D eigenvalue weighted by Crippen LogP contribution is -2.24. The number of hydrogen-bond donors (Lipinski definition) is 0. The molecule has 0 unspecified atom stereocenters. The zero-order chi connectivity index (χ0) is 27.2. The summed E-state index contributed by atoms with van der Waals surface area (Å²) < 4.78 is 24.8. The molecule has 0 heterocycles. The average Bonchev–Trinajstić information content (AvgIpc) is 2.89. The van der Waals surface area contributed by atoms with Crippen LogP contribution in [0.1, 0.15) is 39.5 Å². The molecule has 192 valence electrons. The first-order chi connectivity index (χ1) is 17.6. The van der Waals surface area contributed by atoms with E-state index >= 15 is 0 Å². The zero-order valence-corrected chi connectivity index (χ0v) is 22.5. The second kappa shape index (κ2) is 12.0. The Morgan fingerprint density at radius 1 is 0.811 bits per heavy atom. The monoisotopic (exact) mass is 518 g/mol. The Balaban J connectivity index is 1.94. The second-order valence-electron chi connectivity index (χ2n) is 8.89. The standard InChI is InChI=1S/C30H31O6P/c1-20(2)29(32)36-17-16-35-27(31)19-26-21(3)18-22(4)28(23(26)5)30(33)37(34,24-12-8-6-9-13-24)25-14-10-7-11-15-25/h6-15,18H,1,16-17,19H2,2-5H3. The van der Waals surface area contributed by atoms with Crippen molar-refractivity contribution < 1.29 is 28.4 Å². The van der Waals surface area contributed by atoms with E-state index in [0.29, 0.717) is 32.9 Å². The molecular formula is C30H31O6P. The van der Waals surface area contributed by atoms with Gasteiger partial charge < -0.3 is 14.0 Å². The van der Waals surface area contributed by atoms with E-state index < -0.39 is 24.6 Å². The van der Waals surface area contributed by atoms with Gasteiger partial charge in [-0.1, -0.05) is 73.3 Å². The number of benzene rings is 3. The number of aryl methyl sites for hydroxylation is 2. The fraction of sp³-hybridized carbons (Fsp3) is 0.233. The minimum atomic E-state index is -3.71. The number of esters is 2. The average molecular weight is 519 g/mol. The van der Waals surface area contributed by atoms with Gasteiger partial charge >= 0.3 is 11.9 Å². The van der Waals surface area contributed by atoms with Gasteiger partial charge in [-0.05, 0) is 49.9 Å². The van der Waals surface area contributed by atoms with Crippen LogP contribution in [0.2, 0.25) is 0 Å². The van der Waals surface area contributed by atoms with Gasteiger partial charge in [0.15, 0.2) is 0 Å². The van der Waals surface area contributed by atoms with Crippen molar-refractivity contribution >= 4 is 35.2 Å². The molecule has 3 rings (SSSR count). The van der Waals surface area contributed by atoms with Gasteiger partial charge in [0.05, 0.1) is 6.42 Å². The van der Waals surface area contributed by atoms with E-state index in [-0.39, 0.29) is 25.2 Å². The molecule has 6 nitrogen and oxygen atoms in total. The first kappa shape index (κ1) is 27.8. The Bertz CT molecular complexity index is 1330.